The van der Waals surface area contributed by atoms with Gasteiger partial charge >= 0.3 is 0 Å². The highest BCUT2D eigenvalue weighted by Gasteiger charge is 2.08. The van der Waals surface area contributed by atoms with Crippen molar-refractivity contribution in [3.8, 4) is 0 Å². The molecule has 0 saturated carbocycles. The van der Waals surface area contributed by atoms with Gasteiger partial charge in [0, 0.05) is 6.54 Å². The van der Waals surface area contributed by atoms with E-state index in [0.717, 1.165) is 35.4 Å². The van der Waals surface area contributed by atoms with Gasteiger partial charge in [-0.1, -0.05) is 60.7 Å². The lowest BCUT2D eigenvalue weighted by atomic mass is 10.1. The molecule has 0 aliphatic heterocycles. The Hall–Kier alpha value is -3.20. The minimum atomic E-state index is -0.225. The lowest BCUT2D eigenvalue weighted by Gasteiger charge is -2.07. The van der Waals surface area contributed by atoms with Crippen LogP contribution in [-0.2, 0) is 13.0 Å². The summed E-state index contributed by atoms with van der Waals surface area (Å²) in [6, 6.07) is 25.1. The second kappa shape index (κ2) is 7.36. The summed E-state index contributed by atoms with van der Waals surface area (Å²) in [5.74, 6) is 0.684. The molecule has 128 valence electrons. The molecule has 26 heavy (non-hydrogen) atoms. The van der Waals surface area contributed by atoms with Gasteiger partial charge in [0.2, 0.25) is 0 Å². The lowest BCUT2D eigenvalue weighted by Crippen LogP contribution is -2.03. The third-order valence-corrected chi connectivity index (χ3v) is 4.45. The fourth-order valence-corrected chi connectivity index (χ4v) is 3.09. The van der Waals surface area contributed by atoms with Crippen molar-refractivity contribution in [3.05, 3.63) is 102 Å². The molecule has 1 heterocycles. The first-order valence-corrected chi connectivity index (χ1v) is 8.72. The zero-order chi connectivity index (χ0) is 17.8. The van der Waals surface area contributed by atoms with Gasteiger partial charge in [-0.3, -0.25) is 0 Å². The molecule has 2 nitrogen and oxygen atoms in total. The number of fused-ring (bicyclic) bond motifs is 1. The maximum atomic E-state index is 13.1. The molecule has 0 amide bonds. The van der Waals surface area contributed by atoms with Crippen LogP contribution in [0.2, 0.25) is 0 Å². The summed E-state index contributed by atoms with van der Waals surface area (Å²) in [5.41, 5.74) is 4.37. The van der Waals surface area contributed by atoms with E-state index in [1.807, 2.05) is 36.4 Å². The average molecular weight is 342 g/mol. The molecular formula is C23H19FN2. The fraction of sp³-hybridized carbons (Fsp3) is 0.0870. The van der Waals surface area contributed by atoms with E-state index in [0.29, 0.717) is 0 Å². The molecule has 4 aromatic rings. The van der Waals surface area contributed by atoms with E-state index in [1.165, 1.54) is 17.7 Å². The Morgan fingerprint density at radius 3 is 2.35 bits per heavy atom. The molecule has 0 atom stereocenters. The number of aromatic nitrogens is 2. The van der Waals surface area contributed by atoms with Crippen LogP contribution in [0.25, 0.3) is 23.2 Å². The molecule has 0 N–H and O–H groups in total. The molecule has 0 aliphatic rings. The Morgan fingerprint density at radius 1 is 0.808 bits per heavy atom. The summed E-state index contributed by atoms with van der Waals surface area (Å²) < 4.78 is 15.3. The van der Waals surface area contributed by atoms with Crippen LogP contribution < -0.4 is 0 Å². The van der Waals surface area contributed by atoms with Crippen molar-refractivity contribution >= 4 is 23.2 Å². The minimum Gasteiger partial charge on any atom is -0.324 e. The number of nitrogens with zero attached hydrogens (tertiary/aromatic N) is 2. The average Bonchev–Trinajstić information content (AvgIpc) is 3.04. The number of rotatable bonds is 5. The molecule has 4 rings (SSSR count). The molecule has 0 aliphatic carbocycles. The Balaban J connectivity index is 1.66. The summed E-state index contributed by atoms with van der Waals surface area (Å²) in [7, 11) is 0. The van der Waals surface area contributed by atoms with Crippen molar-refractivity contribution in [2.45, 2.75) is 13.0 Å². The highest BCUT2D eigenvalue weighted by atomic mass is 19.1. The van der Waals surface area contributed by atoms with Gasteiger partial charge in [0.15, 0.2) is 0 Å². The van der Waals surface area contributed by atoms with Gasteiger partial charge in [0.1, 0.15) is 11.6 Å². The topological polar surface area (TPSA) is 17.8 Å². The largest absolute Gasteiger partial charge is 0.324 e. The number of aryl methyl sites for hydroxylation is 2. The Labute approximate surface area is 152 Å². The molecule has 0 spiro atoms. The van der Waals surface area contributed by atoms with E-state index in [4.69, 9.17) is 4.98 Å². The first-order valence-electron chi connectivity index (χ1n) is 8.72. The number of hydrogen-bond donors (Lipinski definition) is 0. The zero-order valence-corrected chi connectivity index (χ0v) is 14.3. The van der Waals surface area contributed by atoms with Crippen LogP contribution in [0.15, 0.2) is 78.9 Å². The quantitative estimate of drug-likeness (QED) is 0.462. The number of halogens is 1. The summed E-state index contributed by atoms with van der Waals surface area (Å²) in [6.45, 7) is 0.855. The van der Waals surface area contributed by atoms with Gasteiger partial charge in [-0.15, -0.1) is 0 Å². The smallest absolute Gasteiger partial charge is 0.133 e. The second-order valence-electron chi connectivity index (χ2n) is 6.23. The predicted molar refractivity (Wildman–Crippen MR) is 105 cm³/mol. The van der Waals surface area contributed by atoms with Gasteiger partial charge in [0.05, 0.1) is 11.0 Å². The van der Waals surface area contributed by atoms with Gasteiger partial charge in [0.25, 0.3) is 0 Å². The molecular weight excluding hydrogens is 323 g/mol. The minimum absolute atomic E-state index is 0.225. The van der Waals surface area contributed by atoms with Crippen molar-refractivity contribution < 1.29 is 4.39 Å². The van der Waals surface area contributed by atoms with Gasteiger partial charge in [-0.25, -0.2) is 9.37 Å². The van der Waals surface area contributed by atoms with Crippen LogP contribution in [-0.4, -0.2) is 9.55 Å². The number of para-hydroxylation sites is 2. The lowest BCUT2D eigenvalue weighted by molar-refractivity contribution is 0.628. The molecule has 0 saturated heterocycles. The summed E-state index contributed by atoms with van der Waals surface area (Å²) in [5, 5.41) is 0. The van der Waals surface area contributed by atoms with E-state index < -0.39 is 0 Å². The van der Waals surface area contributed by atoms with E-state index in [9.17, 15) is 4.39 Å². The highest BCUT2D eigenvalue weighted by Crippen LogP contribution is 2.19. The fourth-order valence-electron chi connectivity index (χ4n) is 3.09. The van der Waals surface area contributed by atoms with Crippen molar-refractivity contribution in [1.82, 2.24) is 9.55 Å². The zero-order valence-electron chi connectivity index (χ0n) is 14.3. The van der Waals surface area contributed by atoms with E-state index in [2.05, 4.69) is 34.9 Å². The Bertz CT molecular complexity index is 1030. The molecule has 0 bridgehead atoms. The van der Waals surface area contributed by atoms with E-state index in [1.54, 1.807) is 12.1 Å². The Morgan fingerprint density at radius 2 is 1.54 bits per heavy atom. The number of benzene rings is 3. The standard InChI is InChI=1S/C23H19FN2/c24-20-13-10-19(11-14-20)12-15-23-25-21-8-4-5-9-22(21)26(23)17-16-18-6-2-1-3-7-18/h1-15H,16-17H2. The summed E-state index contributed by atoms with van der Waals surface area (Å²) in [4.78, 5) is 4.76. The summed E-state index contributed by atoms with van der Waals surface area (Å²) in [6.07, 6.45) is 4.91. The van der Waals surface area contributed by atoms with Crippen molar-refractivity contribution in [1.29, 1.82) is 0 Å². The Kier molecular flexibility index (Phi) is 4.61. The molecule has 0 fully saturated rings. The number of hydrogen-bond acceptors (Lipinski definition) is 1. The van der Waals surface area contributed by atoms with Crippen LogP contribution in [0.5, 0.6) is 0 Å². The predicted octanol–water partition coefficient (Wildman–Crippen LogP) is 5.59. The molecule has 1 aromatic heterocycles. The maximum absolute atomic E-state index is 13.1. The van der Waals surface area contributed by atoms with Crippen LogP contribution in [0, 0.1) is 5.82 Å². The molecule has 3 aromatic carbocycles. The summed E-state index contributed by atoms with van der Waals surface area (Å²) >= 11 is 0. The van der Waals surface area contributed by atoms with Crippen LogP contribution in [0.4, 0.5) is 4.39 Å². The molecule has 0 radical (unpaired) electrons. The van der Waals surface area contributed by atoms with Crippen LogP contribution in [0.1, 0.15) is 17.0 Å². The van der Waals surface area contributed by atoms with Crippen molar-refractivity contribution in [3.63, 3.8) is 0 Å². The number of imidazole rings is 1. The van der Waals surface area contributed by atoms with E-state index in [-0.39, 0.29) is 5.82 Å². The first kappa shape index (κ1) is 16.3. The molecule has 3 heteroatoms. The SMILES string of the molecule is Fc1ccc(C=Cc2nc3ccccc3n2CCc2ccccc2)cc1. The van der Waals surface area contributed by atoms with Crippen molar-refractivity contribution in [2.75, 3.05) is 0 Å². The van der Waals surface area contributed by atoms with Crippen LogP contribution in [0.3, 0.4) is 0 Å². The van der Waals surface area contributed by atoms with Crippen molar-refractivity contribution in [2.24, 2.45) is 0 Å². The monoisotopic (exact) mass is 342 g/mol. The van der Waals surface area contributed by atoms with Gasteiger partial charge in [-0.05, 0) is 47.9 Å². The van der Waals surface area contributed by atoms with Crippen LogP contribution >= 0.6 is 0 Å². The molecule has 0 unspecified atom stereocenters. The highest BCUT2D eigenvalue weighted by molar-refractivity contribution is 5.79. The third-order valence-electron chi connectivity index (χ3n) is 4.45. The third kappa shape index (κ3) is 3.57. The van der Waals surface area contributed by atoms with Gasteiger partial charge in [-0.2, -0.15) is 0 Å². The normalized spacial score (nSPS) is 11.4. The maximum Gasteiger partial charge on any atom is 0.133 e. The first-order chi connectivity index (χ1) is 12.8. The van der Waals surface area contributed by atoms with Gasteiger partial charge < -0.3 is 4.57 Å². The van der Waals surface area contributed by atoms with E-state index >= 15 is 0 Å². The second-order valence-corrected chi connectivity index (χ2v) is 6.23.